The van der Waals surface area contributed by atoms with E-state index >= 15 is 0 Å². The Morgan fingerprint density at radius 2 is 1.73 bits per heavy atom. The van der Waals surface area contributed by atoms with Crippen LogP contribution in [0.2, 0.25) is 0 Å². The standard InChI is InChI=1S/C13H25NS/c1-14(10-13(11-15)8-9-13)12-6-4-2-3-5-7-12/h12,15H,2-11H2,1H3. The molecule has 0 aliphatic heterocycles. The van der Waals surface area contributed by atoms with Crippen molar-refractivity contribution in [3.8, 4) is 0 Å². The minimum absolute atomic E-state index is 0.601. The minimum Gasteiger partial charge on any atom is -0.303 e. The zero-order chi connectivity index (χ0) is 10.7. The molecule has 0 aromatic rings. The molecule has 2 saturated carbocycles. The van der Waals surface area contributed by atoms with Crippen molar-refractivity contribution in [2.75, 3.05) is 19.3 Å². The Morgan fingerprint density at radius 3 is 2.20 bits per heavy atom. The summed E-state index contributed by atoms with van der Waals surface area (Å²) in [6.07, 6.45) is 11.5. The van der Waals surface area contributed by atoms with Gasteiger partial charge in [0.25, 0.3) is 0 Å². The van der Waals surface area contributed by atoms with Crippen molar-refractivity contribution in [1.82, 2.24) is 4.90 Å². The average Bonchev–Trinajstić information content (AvgIpc) is 3.00. The van der Waals surface area contributed by atoms with Crippen LogP contribution in [0.1, 0.15) is 51.4 Å². The van der Waals surface area contributed by atoms with Gasteiger partial charge in [-0.1, -0.05) is 25.7 Å². The predicted molar refractivity (Wildman–Crippen MR) is 69.6 cm³/mol. The van der Waals surface area contributed by atoms with Crippen molar-refractivity contribution in [3.63, 3.8) is 0 Å². The van der Waals surface area contributed by atoms with Crippen LogP contribution in [-0.2, 0) is 0 Å². The number of rotatable bonds is 4. The van der Waals surface area contributed by atoms with Gasteiger partial charge in [0.1, 0.15) is 0 Å². The maximum atomic E-state index is 4.50. The molecule has 2 aliphatic carbocycles. The maximum absolute atomic E-state index is 4.50. The molecule has 15 heavy (non-hydrogen) atoms. The van der Waals surface area contributed by atoms with E-state index < -0.39 is 0 Å². The fourth-order valence-electron chi connectivity index (χ4n) is 2.90. The molecular weight excluding hydrogens is 202 g/mol. The molecule has 0 spiro atoms. The monoisotopic (exact) mass is 227 g/mol. The number of nitrogens with zero attached hydrogens (tertiary/aromatic N) is 1. The summed E-state index contributed by atoms with van der Waals surface area (Å²) in [5.41, 5.74) is 0.601. The Hall–Kier alpha value is 0.310. The van der Waals surface area contributed by atoms with Crippen LogP contribution in [0.5, 0.6) is 0 Å². The Morgan fingerprint density at radius 1 is 1.13 bits per heavy atom. The molecule has 0 radical (unpaired) electrons. The molecule has 2 heteroatoms. The Labute approximate surface area is 100 Å². The second-order valence-electron chi connectivity index (χ2n) is 5.72. The highest BCUT2D eigenvalue weighted by Crippen LogP contribution is 2.47. The summed E-state index contributed by atoms with van der Waals surface area (Å²) in [6.45, 7) is 1.29. The highest BCUT2D eigenvalue weighted by atomic mass is 32.1. The smallest absolute Gasteiger partial charge is 0.00924 e. The zero-order valence-electron chi connectivity index (χ0n) is 10.0. The SMILES string of the molecule is CN(CC1(CS)CC1)C1CCCCCC1. The molecule has 2 rings (SSSR count). The normalized spacial score (nSPS) is 26.6. The van der Waals surface area contributed by atoms with Gasteiger partial charge in [-0.15, -0.1) is 0 Å². The molecule has 0 atom stereocenters. The third-order valence-electron chi connectivity index (χ3n) is 4.33. The molecule has 0 bridgehead atoms. The summed E-state index contributed by atoms with van der Waals surface area (Å²) in [6, 6.07) is 0.866. The van der Waals surface area contributed by atoms with Crippen molar-refractivity contribution in [2.45, 2.75) is 57.4 Å². The molecule has 0 heterocycles. The third-order valence-corrected chi connectivity index (χ3v) is 5.00. The molecule has 0 unspecified atom stereocenters. The van der Waals surface area contributed by atoms with Crippen molar-refractivity contribution in [2.24, 2.45) is 5.41 Å². The average molecular weight is 227 g/mol. The van der Waals surface area contributed by atoms with Crippen LogP contribution in [0, 0.1) is 5.41 Å². The van der Waals surface area contributed by atoms with E-state index in [0.717, 1.165) is 11.8 Å². The zero-order valence-corrected chi connectivity index (χ0v) is 10.9. The van der Waals surface area contributed by atoms with Crippen molar-refractivity contribution >= 4 is 12.6 Å². The summed E-state index contributed by atoms with van der Waals surface area (Å²) in [5.74, 6) is 1.09. The summed E-state index contributed by atoms with van der Waals surface area (Å²) in [4.78, 5) is 2.63. The first kappa shape index (κ1) is 11.8. The Balaban J connectivity index is 1.80. The highest BCUT2D eigenvalue weighted by Gasteiger charge is 2.42. The van der Waals surface area contributed by atoms with Gasteiger partial charge in [-0.25, -0.2) is 0 Å². The van der Waals surface area contributed by atoms with Gasteiger partial charge in [-0.2, -0.15) is 12.6 Å². The van der Waals surface area contributed by atoms with Gasteiger partial charge in [0.2, 0.25) is 0 Å². The molecule has 88 valence electrons. The van der Waals surface area contributed by atoms with Gasteiger partial charge in [0.15, 0.2) is 0 Å². The summed E-state index contributed by atoms with van der Waals surface area (Å²) >= 11 is 4.50. The van der Waals surface area contributed by atoms with Crippen LogP contribution in [0.3, 0.4) is 0 Å². The first-order valence-corrected chi connectivity index (χ1v) is 7.20. The second kappa shape index (κ2) is 5.09. The summed E-state index contributed by atoms with van der Waals surface area (Å²) in [7, 11) is 2.33. The van der Waals surface area contributed by atoms with Gasteiger partial charge in [-0.3, -0.25) is 0 Å². The number of hydrogen-bond acceptors (Lipinski definition) is 2. The molecule has 2 fully saturated rings. The van der Waals surface area contributed by atoms with E-state index in [9.17, 15) is 0 Å². The molecule has 0 aromatic carbocycles. The van der Waals surface area contributed by atoms with Crippen LogP contribution in [0.4, 0.5) is 0 Å². The molecule has 0 amide bonds. The van der Waals surface area contributed by atoms with E-state index in [2.05, 4.69) is 24.6 Å². The van der Waals surface area contributed by atoms with Gasteiger partial charge in [0.05, 0.1) is 0 Å². The minimum atomic E-state index is 0.601. The van der Waals surface area contributed by atoms with Crippen molar-refractivity contribution < 1.29 is 0 Å². The predicted octanol–water partition coefficient (Wildman–Crippen LogP) is 3.35. The van der Waals surface area contributed by atoms with Crippen LogP contribution < -0.4 is 0 Å². The Kier molecular flexibility index (Phi) is 4.00. The molecular formula is C13H25NS. The highest BCUT2D eigenvalue weighted by molar-refractivity contribution is 7.80. The molecule has 2 aliphatic rings. The van der Waals surface area contributed by atoms with E-state index in [1.807, 2.05) is 0 Å². The van der Waals surface area contributed by atoms with Crippen molar-refractivity contribution in [1.29, 1.82) is 0 Å². The molecule has 1 nitrogen and oxygen atoms in total. The van der Waals surface area contributed by atoms with Crippen LogP contribution in [0.25, 0.3) is 0 Å². The molecule has 0 aromatic heterocycles. The quantitative estimate of drug-likeness (QED) is 0.569. The second-order valence-corrected chi connectivity index (χ2v) is 6.03. The van der Waals surface area contributed by atoms with Crippen molar-refractivity contribution in [3.05, 3.63) is 0 Å². The van der Waals surface area contributed by atoms with Gasteiger partial charge in [0, 0.05) is 12.6 Å². The Bertz CT molecular complexity index is 193. The van der Waals surface area contributed by atoms with E-state index in [-0.39, 0.29) is 0 Å². The first-order valence-electron chi connectivity index (χ1n) is 6.57. The van der Waals surface area contributed by atoms with E-state index in [0.29, 0.717) is 5.41 Å². The lowest BCUT2D eigenvalue weighted by Gasteiger charge is -2.30. The van der Waals surface area contributed by atoms with Gasteiger partial charge < -0.3 is 4.90 Å². The maximum Gasteiger partial charge on any atom is 0.00924 e. The largest absolute Gasteiger partial charge is 0.303 e. The van der Waals surface area contributed by atoms with Gasteiger partial charge >= 0.3 is 0 Å². The fourth-order valence-corrected chi connectivity index (χ4v) is 3.32. The first-order chi connectivity index (χ1) is 7.26. The van der Waals surface area contributed by atoms with Gasteiger partial charge in [-0.05, 0) is 43.9 Å². The van der Waals surface area contributed by atoms with E-state index in [1.165, 1.54) is 57.9 Å². The molecule has 0 saturated heterocycles. The molecule has 0 N–H and O–H groups in total. The fraction of sp³-hybridized carbons (Fsp3) is 1.00. The van der Waals surface area contributed by atoms with E-state index in [1.54, 1.807) is 0 Å². The van der Waals surface area contributed by atoms with E-state index in [4.69, 9.17) is 0 Å². The summed E-state index contributed by atoms with van der Waals surface area (Å²) < 4.78 is 0. The topological polar surface area (TPSA) is 3.24 Å². The number of hydrogen-bond donors (Lipinski definition) is 1. The summed E-state index contributed by atoms with van der Waals surface area (Å²) in [5, 5.41) is 0. The van der Waals surface area contributed by atoms with Crippen LogP contribution in [-0.4, -0.2) is 30.3 Å². The third kappa shape index (κ3) is 3.13. The van der Waals surface area contributed by atoms with Crippen LogP contribution >= 0.6 is 12.6 Å². The number of thiol groups is 1. The lowest BCUT2D eigenvalue weighted by molar-refractivity contribution is 0.188. The lowest BCUT2D eigenvalue weighted by atomic mass is 10.0. The lowest BCUT2D eigenvalue weighted by Crippen LogP contribution is -2.36. The van der Waals surface area contributed by atoms with Crippen LogP contribution in [0.15, 0.2) is 0 Å².